The van der Waals surface area contributed by atoms with Gasteiger partial charge in [-0.2, -0.15) is 0 Å². The lowest BCUT2D eigenvalue weighted by Gasteiger charge is -2.27. The Morgan fingerprint density at radius 1 is 0.521 bits per heavy atom. The van der Waals surface area contributed by atoms with Gasteiger partial charge in [-0.1, -0.05) is 129 Å². The highest BCUT2D eigenvalue weighted by Gasteiger charge is 2.14. The van der Waals surface area contributed by atoms with Crippen LogP contribution in [-0.2, 0) is 19.1 Å². The van der Waals surface area contributed by atoms with Gasteiger partial charge in [0.25, 0.3) is 0 Å². The molecule has 0 fully saturated rings. The first-order chi connectivity index (χ1) is 23.4. The normalized spacial score (nSPS) is 12.2. The molecule has 286 valence electrons. The zero-order valence-electron chi connectivity index (χ0n) is 32.0. The van der Waals surface area contributed by atoms with Crippen LogP contribution in [0.5, 0.6) is 0 Å². The predicted octanol–water partition coefficient (Wildman–Crippen LogP) is 8.84. The van der Waals surface area contributed by atoms with Crippen LogP contribution in [0.15, 0.2) is 0 Å². The van der Waals surface area contributed by atoms with E-state index < -0.39 is 6.10 Å². The Morgan fingerprint density at radius 3 is 1.29 bits per heavy atom. The van der Waals surface area contributed by atoms with Crippen LogP contribution in [0.1, 0.15) is 181 Å². The maximum absolute atomic E-state index is 12.2. The van der Waals surface area contributed by atoms with Crippen LogP contribution in [0.4, 0.5) is 0 Å². The smallest absolute Gasteiger partial charge is 0.305 e. The highest BCUT2D eigenvalue weighted by Crippen LogP contribution is 2.12. The maximum atomic E-state index is 12.2. The van der Waals surface area contributed by atoms with E-state index in [2.05, 4.69) is 18.7 Å². The summed E-state index contributed by atoms with van der Waals surface area (Å²) in [6, 6.07) is 0. The molecule has 48 heavy (non-hydrogen) atoms. The van der Waals surface area contributed by atoms with Crippen LogP contribution < -0.4 is 0 Å². The number of carbonyl (C=O) groups excluding carboxylic acids is 2. The first kappa shape index (κ1) is 46.8. The molecule has 0 rings (SSSR count). The molecule has 0 aliphatic heterocycles. The number of hydrogen-bond donors (Lipinski definition) is 2. The van der Waals surface area contributed by atoms with Crippen molar-refractivity contribution in [2.24, 2.45) is 0 Å². The van der Waals surface area contributed by atoms with Crippen LogP contribution in [0.25, 0.3) is 0 Å². The lowest BCUT2D eigenvalue weighted by Crippen LogP contribution is -2.40. The van der Waals surface area contributed by atoms with Crippen molar-refractivity contribution in [3.8, 4) is 0 Å². The van der Waals surface area contributed by atoms with E-state index >= 15 is 0 Å². The van der Waals surface area contributed by atoms with Gasteiger partial charge in [0.2, 0.25) is 0 Å². The number of ether oxygens (including phenoxy) is 2. The number of hydrogen-bond acceptors (Lipinski definition) is 8. The van der Waals surface area contributed by atoms with Gasteiger partial charge in [-0.05, 0) is 58.7 Å². The summed E-state index contributed by atoms with van der Waals surface area (Å²) in [6.45, 7) is 9.05. The molecule has 0 aliphatic rings. The number of carbonyl (C=O) groups is 2. The summed E-state index contributed by atoms with van der Waals surface area (Å²) >= 11 is 0. The first-order valence-corrected chi connectivity index (χ1v) is 20.4. The number of aliphatic hydroxyl groups excluding tert-OH is 2. The minimum absolute atomic E-state index is 0.0796. The van der Waals surface area contributed by atoms with E-state index in [1.54, 1.807) is 0 Å². The molecule has 0 saturated carbocycles. The minimum atomic E-state index is -0.492. The van der Waals surface area contributed by atoms with Gasteiger partial charge in [-0.3, -0.25) is 9.59 Å². The van der Waals surface area contributed by atoms with Crippen molar-refractivity contribution in [1.82, 2.24) is 9.80 Å². The molecule has 0 aliphatic carbocycles. The fraction of sp³-hybridized carbons (Fsp3) is 0.950. The number of esters is 2. The zero-order valence-corrected chi connectivity index (χ0v) is 32.0. The van der Waals surface area contributed by atoms with Crippen LogP contribution >= 0.6 is 0 Å². The summed E-state index contributed by atoms with van der Waals surface area (Å²) in [5.41, 5.74) is 0. The van der Waals surface area contributed by atoms with Crippen molar-refractivity contribution in [2.75, 3.05) is 59.6 Å². The molecule has 8 heteroatoms. The molecule has 0 radical (unpaired) electrons. The average Bonchev–Trinajstić information content (AvgIpc) is 3.06. The molecule has 0 spiro atoms. The summed E-state index contributed by atoms with van der Waals surface area (Å²) in [7, 11) is 1.91. The van der Waals surface area contributed by atoms with Crippen LogP contribution in [0.2, 0.25) is 0 Å². The Labute approximate surface area is 297 Å². The SMILES string of the molecule is CCCCCCCCCCCOC(=O)CCCCCN(CCCCCC(=O)OCCCCCCCCCCC)C[C@H](O)CN(C)CCO. The predicted molar refractivity (Wildman–Crippen MR) is 200 cm³/mol. The average molecular weight is 685 g/mol. The Kier molecular flexibility index (Phi) is 36.1. The van der Waals surface area contributed by atoms with Gasteiger partial charge in [0.15, 0.2) is 0 Å². The summed E-state index contributed by atoms with van der Waals surface area (Å²) in [5, 5.41) is 19.9. The number of rotatable bonds is 38. The van der Waals surface area contributed by atoms with E-state index in [0.29, 0.717) is 45.7 Å². The van der Waals surface area contributed by atoms with Crippen molar-refractivity contribution in [2.45, 2.75) is 187 Å². The molecule has 2 N–H and O–H groups in total. The molecule has 0 aromatic heterocycles. The third kappa shape index (κ3) is 34.6. The molecular weight excluding hydrogens is 604 g/mol. The molecule has 0 saturated heterocycles. The van der Waals surface area contributed by atoms with E-state index in [1.807, 2.05) is 11.9 Å². The second-order valence-electron chi connectivity index (χ2n) is 14.2. The Morgan fingerprint density at radius 2 is 0.896 bits per heavy atom. The fourth-order valence-electron chi connectivity index (χ4n) is 6.18. The Bertz CT molecular complexity index is 649. The van der Waals surface area contributed by atoms with E-state index in [0.717, 1.165) is 77.3 Å². The lowest BCUT2D eigenvalue weighted by atomic mass is 10.1. The zero-order chi connectivity index (χ0) is 35.3. The van der Waals surface area contributed by atoms with Crippen molar-refractivity contribution in [3.05, 3.63) is 0 Å². The Balaban J connectivity index is 4.09. The molecule has 0 bridgehead atoms. The second kappa shape index (κ2) is 37.0. The number of nitrogens with zero attached hydrogens (tertiary/aromatic N) is 2. The highest BCUT2D eigenvalue weighted by molar-refractivity contribution is 5.69. The van der Waals surface area contributed by atoms with Crippen molar-refractivity contribution in [3.63, 3.8) is 0 Å². The molecule has 0 amide bonds. The van der Waals surface area contributed by atoms with Crippen LogP contribution in [-0.4, -0.2) is 97.6 Å². The molecule has 1 atom stereocenters. The third-order valence-electron chi connectivity index (χ3n) is 9.21. The minimum Gasteiger partial charge on any atom is -0.466 e. The molecule has 0 aromatic carbocycles. The molecule has 0 aromatic rings. The van der Waals surface area contributed by atoms with E-state index in [9.17, 15) is 19.8 Å². The quantitative estimate of drug-likeness (QED) is 0.0492. The van der Waals surface area contributed by atoms with Crippen LogP contribution in [0, 0.1) is 0 Å². The summed E-state index contributed by atoms with van der Waals surface area (Å²) in [5.74, 6) is -0.166. The number of likely N-dealkylation sites (N-methyl/N-ethyl adjacent to an activating group) is 1. The lowest BCUT2D eigenvalue weighted by molar-refractivity contribution is -0.144. The molecule has 8 nitrogen and oxygen atoms in total. The second-order valence-corrected chi connectivity index (χ2v) is 14.2. The van der Waals surface area contributed by atoms with Crippen LogP contribution in [0.3, 0.4) is 0 Å². The fourth-order valence-corrected chi connectivity index (χ4v) is 6.18. The van der Waals surface area contributed by atoms with Crippen molar-refractivity contribution in [1.29, 1.82) is 0 Å². The maximum Gasteiger partial charge on any atom is 0.305 e. The third-order valence-corrected chi connectivity index (χ3v) is 9.21. The number of unbranched alkanes of at least 4 members (excludes halogenated alkanes) is 20. The summed E-state index contributed by atoms with van der Waals surface area (Å²) in [4.78, 5) is 28.6. The molecular formula is C40H80N2O6. The van der Waals surface area contributed by atoms with Gasteiger partial charge in [0.05, 0.1) is 25.9 Å². The van der Waals surface area contributed by atoms with Gasteiger partial charge in [0.1, 0.15) is 0 Å². The summed E-state index contributed by atoms with van der Waals surface area (Å²) < 4.78 is 10.9. The van der Waals surface area contributed by atoms with E-state index in [1.165, 1.54) is 89.9 Å². The topological polar surface area (TPSA) is 99.5 Å². The van der Waals surface area contributed by atoms with Gasteiger partial charge >= 0.3 is 11.9 Å². The van der Waals surface area contributed by atoms with Gasteiger partial charge in [-0.25, -0.2) is 0 Å². The van der Waals surface area contributed by atoms with Crippen molar-refractivity contribution < 1.29 is 29.3 Å². The first-order valence-electron chi connectivity index (χ1n) is 20.4. The standard InChI is InChI=1S/C40H80N2O6/c1-4-6-8-10-12-14-16-18-26-34-47-39(45)28-22-20-24-30-42(37-38(44)36-41(3)32-33-43)31-25-21-23-29-40(46)48-35-27-19-17-15-13-11-9-7-5-2/h38,43-44H,4-37H2,1-3H3/t38-/m1/s1. The van der Waals surface area contributed by atoms with Gasteiger partial charge in [0, 0.05) is 32.5 Å². The van der Waals surface area contributed by atoms with Crippen molar-refractivity contribution >= 4 is 11.9 Å². The largest absolute Gasteiger partial charge is 0.466 e. The number of aliphatic hydroxyl groups is 2. The monoisotopic (exact) mass is 685 g/mol. The van der Waals surface area contributed by atoms with E-state index in [-0.39, 0.29) is 18.5 Å². The van der Waals surface area contributed by atoms with Gasteiger partial charge < -0.3 is 29.5 Å². The van der Waals surface area contributed by atoms with Gasteiger partial charge in [-0.15, -0.1) is 0 Å². The molecule has 0 unspecified atom stereocenters. The molecule has 0 heterocycles. The summed E-state index contributed by atoms with van der Waals surface area (Å²) in [6.07, 6.45) is 28.6. The van der Waals surface area contributed by atoms with E-state index in [4.69, 9.17) is 9.47 Å². The Hall–Kier alpha value is -1.22. The highest BCUT2D eigenvalue weighted by atomic mass is 16.5.